The van der Waals surface area contributed by atoms with Gasteiger partial charge in [-0.05, 0) is 18.4 Å². The van der Waals surface area contributed by atoms with Gasteiger partial charge in [0.15, 0.2) is 0 Å². The van der Waals surface area contributed by atoms with Gasteiger partial charge in [-0.3, -0.25) is 0 Å². The third-order valence-electron chi connectivity index (χ3n) is 4.81. The molecule has 1 aliphatic carbocycles. The third-order valence-corrected chi connectivity index (χ3v) is 4.81. The van der Waals surface area contributed by atoms with Crippen molar-refractivity contribution < 1.29 is 13.9 Å². The van der Waals surface area contributed by atoms with Gasteiger partial charge in [0.2, 0.25) is 0 Å². The predicted molar refractivity (Wildman–Crippen MR) is 74.1 cm³/mol. The molecule has 110 valence electrons. The molecule has 1 aromatic carbocycles. The lowest BCUT2D eigenvalue weighted by Crippen LogP contribution is -2.46. The van der Waals surface area contributed by atoms with Crippen LogP contribution in [0.25, 0.3) is 11.3 Å². The van der Waals surface area contributed by atoms with Crippen LogP contribution in [0.1, 0.15) is 30.9 Å². The van der Waals surface area contributed by atoms with Crippen molar-refractivity contribution in [2.75, 3.05) is 0 Å². The van der Waals surface area contributed by atoms with Crippen molar-refractivity contribution in [3.05, 3.63) is 42.4 Å². The Morgan fingerprint density at radius 3 is 2.95 bits per heavy atom. The molecule has 0 radical (unpaired) electrons. The van der Waals surface area contributed by atoms with E-state index in [9.17, 15) is 13.9 Å². The molecule has 5 heteroatoms. The summed E-state index contributed by atoms with van der Waals surface area (Å²) in [7, 11) is 0. The van der Waals surface area contributed by atoms with Crippen molar-refractivity contribution >= 4 is 0 Å². The summed E-state index contributed by atoms with van der Waals surface area (Å²) in [6.07, 6.45) is 2.66. The summed E-state index contributed by atoms with van der Waals surface area (Å²) in [4.78, 5) is 4.14. The zero-order valence-electron chi connectivity index (χ0n) is 11.4. The van der Waals surface area contributed by atoms with Crippen LogP contribution in [0, 0.1) is 5.92 Å². The standard InChI is InChI=1S/C16H16F2N2O/c17-16(18)7-3-6-12(15(16)21)14-11-5-2-1-4-10(11)13-8-19-9-20(13)14/h1-2,4-5,8-9,12,14-15,21H,3,6-7H2/t12-,14?,15-/m0/s1. The molecule has 0 spiro atoms. The van der Waals surface area contributed by atoms with Crippen LogP contribution in [0.2, 0.25) is 0 Å². The van der Waals surface area contributed by atoms with Crippen molar-refractivity contribution in [1.29, 1.82) is 0 Å². The summed E-state index contributed by atoms with van der Waals surface area (Å²) in [5.41, 5.74) is 2.98. The van der Waals surface area contributed by atoms with Gasteiger partial charge in [0, 0.05) is 17.9 Å². The first-order valence-electron chi connectivity index (χ1n) is 7.26. The molecule has 0 saturated heterocycles. The van der Waals surface area contributed by atoms with E-state index in [0.717, 1.165) is 16.8 Å². The predicted octanol–water partition coefficient (Wildman–Crippen LogP) is 3.25. The Hall–Kier alpha value is -1.75. The number of hydrogen-bond acceptors (Lipinski definition) is 2. The molecule has 1 aliphatic heterocycles. The SMILES string of the molecule is O[C@H]1[C@H](C2c3ccccc3-c3cncn32)CCCC1(F)F. The molecule has 2 aliphatic rings. The van der Waals surface area contributed by atoms with E-state index in [1.54, 1.807) is 12.5 Å². The molecule has 2 heterocycles. The Balaban J connectivity index is 1.82. The molecule has 2 aromatic rings. The lowest BCUT2D eigenvalue weighted by atomic mass is 9.77. The number of halogens is 2. The van der Waals surface area contributed by atoms with Crippen LogP contribution >= 0.6 is 0 Å². The number of benzene rings is 1. The van der Waals surface area contributed by atoms with Crippen molar-refractivity contribution in [3.63, 3.8) is 0 Å². The van der Waals surface area contributed by atoms with E-state index in [-0.39, 0.29) is 12.5 Å². The molecule has 1 unspecified atom stereocenters. The topological polar surface area (TPSA) is 38.1 Å². The third kappa shape index (κ3) is 1.77. The van der Waals surface area contributed by atoms with Crippen LogP contribution in [0.5, 0.6) is 0 Å². The Labute approximate surface area is 121 Å². The van der Waals surface area contributed by atoms with E-state index in [1.807, 2.05) is 28.8 Å². The highest BCUT2D eigenvalue weighted by molar-refractivity contribution is 5.69. The van der Waals surface area contributed by atoms with Gasteiger partial charge in [-0.1, -0.05) is 24.3 Å². The van der Waals surface area contributed by atoms with Gasteiger partial charge in [-0.2, -0.15) is 0 Å². The number of rotatable bonds is 1. The van der Waals surface area contributed by atoms with Crippen LogP contribution in [-0.2, 0) is 0 Å². The first kappa shape index (κ1) is 13.0. The van der Waals surface area contributed by atoms with E-state index in [0.29, 0.717) is 12.8 Å². The smallest absolute Gasteiger partial charge is 0.273 e. The Kier molecular flexibility index (Phi) is 2.70. The average Bonchev–Trinajstić information content (AvgIpc) is 3.03. The Morgan fingerprint density at radius 1 is 1.29 bits per heavy atom. The summed E-state index contributed by atoms with van der Waals surface area (Å²) in [6, 6.07) is 7.55. The first-order valence-corrected chi connectivity index (χ1v) is 7.26. The molecular formula is C16H16F2N2O. The largest absolute Gasteiger partial charge is 0.386 e. The Bertz CT molecular complexity index is 682. The number of hydrogen-bond donors (Lipinski definition) is 1. The van der Waals surface area contributed by atoms with Gasteiger partial charge < -0.3 is 9.67 Å². The van der Waals surface area contributed by atoms with Crippen LogP contribution in [0.4, 0.5) is 8.78 Å². The van der Waals surface area contributed by atoms with Crippen LogP contribution in [-0.4, -0.2) is 26.7 Å². The highest BCUT2D eigenvalue weighted by Gasteiger charge is 2.50. The van der Waals surface area contributed by atoms with Gasteiger partial charge in [-0.25, -0.2) is 13.8 Å². The average molecular weight is 290 g/mol. The molecule has 1 fully saturated rings. The van der Waals surface area contributed by atoms with Gasteiger partial charge in [0.05, 0.1) is 24.3 Å². The van der Waals surface area contributed by atoms with Gasteiger partial charge in [0.25, 0.3) is 5.92 Å². The number of aliphatic hydroxyl groups is 1. The molecule has 3 nitrogen and oxygen atoms in total. The van der Waals surface area contributed by atoms with Crippen LogP contribution in [0.15, 0.2) is 36.8 Å². The molecule has 21 heavy (non-hydrogen) atoms. The number of aliphatic hydroxyl groups excluding tert-OH is 1. The number of nitrogens with zero attached hydrogens (tertiary/aromatic N) is 2. The van der Waals surface area contributed by atoms with Crippen molar-refractivity contribution in [2.45, 2.75) is 37.3 Å². The second-order valence-electron chi connectivity index (χ2n) is 5.98. The summed E-state index contributed by atoms with van der Waals surface area (Å²) >= 11 is 0. The quantitative estimate of drug-likeness (QED) is 0.875. The van der Waals surface area contributed by atoms with Crippen LogP contribution in [0.3, 0.4) is 0 Å². The lowest BCUT2D eigenvalue weighted by molar-refractivity contribution is -0.160. The fourth-order valence-electron chi connectivity index (χ4n) is 3.83. The fraction of sp³-hybridized carbons (Fsp3) is 0.438. The molecule has 3 atom stereocenters. The molecule has 0 bridgehead atoms. The van der Waals surface area contributed by atoms with E-state index in [2.05, 4.69) is 4.98 Å². The molecule has 1 N–H and O–H groups in total. The second-order valence-corrected chi connectivity index (χ2v) is 5.98. The molecule has 1 aromatic heterocycles. The normalized spacial score (nSPS) is 30.0. The van der Waals surface area contributed by atoms with Gasteiger partial charge in [-0.15, -0.1) is 0 Å². The van der Waals surface area contributed by atoms with Crippen molar-refractivity contribution in [2.24, 2.45) is 5.92 Å². The molecule has 1 saturated carbocycles. The maximum atomic E-state index is 13.9. The number of fused-ring (bicyclic) bond motifs is 3. The van der Waals surface area contributed by atoms with Crippen molar-refractivity contribution in [1.82, 2.24) is 9.55 Å². The lowest BCUT2D eigenvalue weighted by Gasteiger charge is -2.38. The van der Waals surface area contributed by atoms with E-state index < -0.39 is 17.9 Å². The van der Waals surface area contributed by atoms with E-state index in [4.69, 9.17) is 0 Å². The first-order chi connectivity index (χ1) is 10.1. The highest BCUT2D eigenvalue weighted by atomic mass is 19.3. The highest BCUT2D eigenvalue weighted by Crippen LogP contribution is 2.49. The number of aromatic nitrogens is 2. The summed E-state index contributed by atoms with van der Waals surface area (Å²) in [5, 5.41) is 10.2. The maximum Gasteiger partial charge on any atom is 0.273 e. The molecule has 4 rings (SSSR count). The monoisotopic (exact) mass is 290 g/mol. The molecule has 0 amide bonds. The zero-order chi connectivity index (χ0) is 14.6. The second kappa shape index (κ2) is 4.37. The summed E-state index contributed by atoms with van der Waals surface area (Å²) in [6.45, 7) is 0. The van der Waals surface area contributed by atoms with Crippen LogP contribution < -0.4 is 0 Å². The zero-order valence-corrected chi connectivity index (χ0v) is 11.4. The van der Waals surface area contributed by atoms with E-state index >= 15 is 0 Å². The van der Waals surface area contributed by atoms with Gasteiger partial charge >= 0.3 is 0 Å². The molecular weight excluding hydrogens is 274 g/mol. The number of alkyl halides is 2. The fourth-order valence-corrected chi connectivity index (χ4v) is 3.83. The van der Waals surface area contributed by atoms with E-state index in [1.165, 1.54) is 0 Å². The van der Waals surface area contributed by atoms with Gasteiger partial charge in [0.1, 0.15) is 6.10 Å². The minimum atomic E-state index is -3.00. The summed E-state index contributed by atoms with van der Waals surface area (Å²) in [5.74, 6) is -3.48. The maximum absolute atomic E-state index is 13.9. The minimum absolute atomic E-state index is 0.226. The number of imidazole rings is 1. The summed E-state index contributed by atoms with van der Waals surface area (Å²) < 4.78 is 29.7. The van der Waals surface area contributed by atoms with Crippen molar-refractivity contribution in [3.8, 4) is 11.3 Å². The Morgan fingerprint density at radius 2 is 2.10 bits per heavy atom. The minimum Gasteiger partial charge on any atom is -0.386 e.